The highest BCUT2D eigenvalue weighted by Gasteiger charge is 2.40. The molecule has 23 heavy (non-hydrogen) atoms. The fourth-order valence-corrected chi connectivity index (χ4v) is 2.67. The van der Waals surface area contributed by atoms with Crippen LogP contribution in [-0.4, -0.2) is 44.2 Å². The van der Waals surface area contributed by atoms with Crippen molar-refractivity contribution in [2.75, 3.05) is 14.2 Å². The molecule has 0 aliphatic carbocycles. The van der Waals surface area contributed by atoms with Crippen LogP contribution in [-0.2, 0) is 15.5 Å². The Kier molecular flexibility index (Phi) is 3.07. The Hall–Kier alpha value is -2.84. The Morgan fingerprint density at radius 3 is 1.61 bits per heavy atom. The molecule has 0 atom stereocenters. The molecule has 0 radical (unpaired) electrons. The highest BCUT2D eigenvalue weighted by atomic mass is 16.7. The summed E-state index contributed by atoms with van der Waals surface area (Å²) in [5, 5.41) is 16.7. The van der Waals surface area contributed by atoms with Gasteiger partial charge >= 0.3 is 6.03 Å². The van der Waals surface area contributed by atoms with E-state index in [1.807, 2.05) is 48.5 Å². The van der Waals surface area contributed by atoms with Crippen molar-refractivity contribution in [1.82, 2.24) is 30.0 Å². The van der Waals surface area contributed by atoms with Gasteiger partial charge in [-0.2, -0.15) is 9.36 Å². The molecule has 8 heteroatoms. The molecular weight excluding hydrogens is 296 g/mol. The molecule has 0 saturated carbocycles. The van der Waals surface area contributed by atoms with Gasteiger partial charge in [-0.15, -0.1) is 10.2 Å². The summed E-state index contributed by atoms with van der Waals surface area (Å²) in [6, 6.07) is 13.7. The van der Waals surface area contributed by atoms with Crippen LogP contribution in [0.1, 0.15) is 0 Å². The van der Waals surface area contributed by atoms with Crippen molar-refractivity contribution in [2.24, 2.45) is 0 Å². The van der Waals surface area contributed by atoms with E-state index in [0.717, 1.165) is 22.1 Å². The second-order valence-corrected chi connectivity index (χ2v) is 4.94. The summed E-state index contributed by atoms with van der Waals surface area (Å²) in [6.45, 7) is 0. The molecule has 0 amide bonds. The normalized spacial score (nSPS) is 12.3. The summed E-state index contributed by atoms with van der Waals surface area (Å²) in [7, 11) is 3.05. The molecule has 116 valence electrons. The molecule has 4 rings (SSSR count). The summed E-state index contributed by atoms with van der Waals surface area (Å²) in [6.07, 6.45) is 0. The van der Waals surface area contributed by atoms with E-state index in [9.17, 15) is 0 Å². The molecule has 2 aromatic heterocycles. The van der Waals surface area contributed by atoms with Crippen molar-refractivity contribution in [3.8, 4) is 0 Å². The number of para-hydroxylation sites is 2. The predicted octanol–water partition coefficient (Wildman–Crippen LogP) is 1.58. The SMILES string of the molecule is COC(OC)(n1nnc2ccccc21)n1nnc2ccccc21. The summed E-state index contributed by atoms with van der Waals surface area (Å²) in [5.74, 6) is 0. The topological polar surface area (TPSA) is 79.9 Å². The molecule has 0 fully saturated rings. The largest absolute Gasteiger partial charge is 0.385 e. The third-order valence-electron chi connectivity index (χ3n) is 3.77. The number of benzene rings is 2. The lowest BCUT2D eigenvalue weighted by molar-refractivity contribution is -0.296. The molecule has 0 spiro atoms. The summed E-state index contributed by atoms with van der Waals surface area (Å²) < 4.78 is 14.5. The minimum Gasteiger partial charge on any atom is -0.315 e. The average Bonchev–Trinajstić information content (AvgIpc) is 3.23. The number of hydrogen-bond donors (Lipinski definition) is 0. The lowest BCUT2D eigenvalue weighted by atomic mass is 10.3. The van der Waals surface area contributed by atoms with Crippen LogP contribution in [0.4, 0.5) is 0 Å². The third-order valence-corrected chi connectivity index (χ3v) is 3.77. The van der Waals surface area contributed by atoms with Gasteiger partial charge in [0, 0.05) is 14.2 Å². The van der Waals surface area contributed by atoms with Crippen molar-refractivity contribution in [3.63, 3.8) is 0 Å². The van der Waals surface area contributed by atoms with E-state index in [1.165, 1.54) is 14.2 Å². The smallest absolute Gasteiger partial charge is 0.315 e. The van der Waals surface area contributed by atoms with Gasteiger partial charge in [0.05, 0.1) is 11.0 Å². The zero-order chi connectivity index (χ0) is 15.9. The van der Waals surface area contributed by atoms with E-state index < -0.39 is 6.03 Å². The second kappa shape index (κ2) is 5.11. The van der Waals surface area contributed by atoms with Crippen molar-refractivity contribution in [3.05, 3.63) is 48.5 Å². The van der Waals surface area contributed by atoms with Crippen LogP contribution in [0.25, 0.3) is 22.1 Å². The van der Waals surface area contributed by atoms with Gasteiger partial charge in [-0.3, -0.25) is 0 Å². The lowest BCUT2D eigenvalue weighted by Gasteiger charge is -2.30. The Bertz CT molecular complexity index is 896. The van der Waals surface area contributed by atoms with Gasteiger partial charge in [0.1, 0.15) is 11.0 Å². The maximum Gasteiger partial charge on any atom is 0.385 e. The summed E-state index contributed by atoms with van der Waals surface area (Å²) in [5.41, 5.74) is 2.98. The first kappa shape index (κ1) is 13.8. The van der Waals surface area contributed by atoms with Crippen LogP contribution in [0, 0.1) is 0 Å². The number of ether oxygens (including phenoxy) is 2. The molecule has 8 nitrogen and oxygen atoms in total. The number of aromatic nitrogens is 6. The van der Waals surface area contributed by atoms with E-state index in [0.29, 0.717) is 0 Å². The zero-order valence-electron chi connectivity index (χ0n) is 12.6. The molecule has 0 saturated heterocycles. The third kappa shape index (κ3) is 1.85. The molecule has 0 N–H and O–H groups in total. The molecule has 0 aliphatic heterocycles. The minimum absolute atomic E-state index is 0.732. The average molecular weight is 310 g/mol. The first-order chi connectivity index (χ1) is 11.3. The molecular formula is C15H14N6O2. The van der Waals surface area contributed by atoms with E-state index in [1.54, 1.807) is 9.36 Å². The summed E-state index contributed by atoms with van der Waals surface area (Å²) in [4.78, 5) is 0. The van der Waals surface area contributed by atoms with Crippen molar-refractivity contribution in [2.45, 2.75) is 6.03 Å². The first-order valence-corrected chi connectivity index (χ1v) is 7.02. The van der Waals surface area contributed by atoms with Crippen molar-refractivity contribution in [1.29, 1.82) is 0 Å². The molecule has 0 aliphatic rings. The van der Waals surface area contributed by atoms with Crippen LogP contribution in [0.2, 0.25) is 0 Å². The van der Waals surface area contributed by atoms with Gasteiger partial charge in [-0.05, 0) is 24.3 Å². The maximum absolute atomic E-state index is 5.69. The van der Waals surface area contributed by atoms with Crippen molar-refractivity contribution >= 4 is 22.1 Å². The highest BCUT2D eigenvalue weighted by molar-refractivity contribution is 5.75. The Labute approximate surface area is 131 Å². The van der Waals surface area contributed by atoms with Gasteiger partial charge in [-0.1, -0.05) is 34.7 Å². The molecule has 0 unspecified atom stereocenters. The Balaban J connectivity index is 2.03. The van der Waals surface area contributed by atoms with Gasteiger partial charge in [0.25, 0.3) is 0 Å². The Morgan fingerprint density at radius 1 is 0.739 bits per heavy atom. The van der Waals surface area contributed by atoms with Crippen LogP contribution in [0.3, 0.4) is 0 Å². The molecule has 2 heterocycles. The Morgan fingerprint density at radius 2 is 1.17 bits per heavy atom. The summed E-state index contributed by atoms with van der Waals surface area (Å²) >= 11 is 0. The van der Waals surface area contributed by atoms with E-state index >= 15 is 0 Å². The monoisotopic (exact) mass is 310 g/mol. The standard InChI is InChI=1S/C15H14N6O2/c1-22-15(23-2,20-13-9-5-3-7-11(13)16-18-20)21-14-10-6-4-8-12(14)17-19-21/h3-10H,1-2H3. The highest BCUT2D eigenvalue weighted by Crippen LogP contribution is 2.27. The van der Waals surface area contributed by atoms with E-state index in [4.69, 9.17) is 9.47 Å². The molecule has 4 aromatic rings. The molecule has 0 bridgehead atoms. The predicted molar refractivity (Wildman–Crippen MR) is 82.4 cm³/mol. The van der Waals surface area contributed by atoms with Crippen LogP contribution >= 0.6 is 0 Å². The number of nitrogens with zero attached hydrogens (tertiary/aromatic N) is 6. The van der Waals surface area contributed by atoms with Crippen LogP contribution in [0.5, 0.6) is 0 Å². The van der Waals surface area contributed by atoms with Crippen LogP contribution in [0.15, 0.2) is 48.5 Å². The van der Waals surface area contributed by atoms with E-state index in [-0.39, 0.29) is 0 Å². The fraction of sp³-hybridized carbons (Fsp3) is 0.200. The minimum atomic E-state index is -1.42. The fourth-order valence-electron chi connectivity index (χ4n) is 2.67. The quantitative estimate of drug-likeness (QED) is 0.532. The molecule has 2 aromatic carbocycles. The second-order valence-electron chi connectivity index (χ2n) is 4.94. The number of rotatable bonds is 4. The van der Waals surface area contributed by atoms with Gasteiger partial charge < -0.3 is 9.47 Å². The van der Waals surface area contributed by atoms with Gasteiger partial charge in [-0.25, -0.2) is 0 Å². The number of hydrogen-bond acceptors (Lipinski definition) is 6. The van der Waals surface area contributed by atoms with Gasteiger partial charge in [0.15, 0.2) is 0 Å². The van der Waals surface area contributed by atoms with E-state index in [2.05, 4.69) is 20.6 Å². The maximum atomic E-state index is 5.69. The number of fused-ring (bicyclic) bond motifs is 2. The van der Waals surface area contributed by atoms with Gasteiger partial charge in [0.2, 0.25) is 0 Å². The first-order valence-electron chi connectivity index (χ1n) is 7.02. The zero-order valence-corrected chi connectivity index (χ0v) is 12.6. The lowest BCUT2D eigenvalue weighted by Crippen LogP contribution is -2.46. The van der Waals surface area contributed by atoms with Crippen molar-refractivity contribution < 1.29 is 9.47 Å². The van der Waals surface area contributed by atoms with Crippen LogP contribution < -0.4 is 0 Å². The number of methoxy groups -OCH3 is 2.